The molecule has 3 rings (SSSR count). The summed E-state index contributed by atoms with van der Waals surface area (Å²) >= 11 is 0. The number of methoxy groups -OCH3 is 1. The smallest absolute Gasteiger partial charge is 0.253 e. The number of nitrogens with one attached hydrogen (secondary N) is 1. The van der Waals surface area contributed by atoms with Gasteiger partial charge in [-0.2, -0.15) is 0 Å². The fourth-order valence-corrected chi connectivity index (χ4v) is 3.02. The molecular formula is C21H25N3O3. The van der Waals surface area contributed by atoms with Crippen LogP contribution < -0.4 is 10.1 Å². The molecule has 1 saturated heterocycles. The first kappa shape index (κ1) is 18.9. The zero-order valence-corrected chi connectivity index (χ0v) is 15.8. The summed E-state index contributed by atoms with van der Waals surface area (Å²) in [6, 6.07) is 14.5. The van der Waals surface area contributed by atoms with Crippen molar-refractivity contribution < 1.29 is 14.3 Å². The lowest BCUT2D eigenvalue weighted by Crippen LogP contribution is -2.47. The van der Waals surface area contributed by atoms with Crippen molar-refractivity contribution in [3.63, 3.8) is 0 Å². The van der Waals surface area contributed by atoms with Crippen LogP contribution in [0, 0.1) is 0 Å². The van der Waals surface area contributed by atoms with E-state index in [9.17, 15) is 9.59 Å². The van der Waals surface area contributed by atoms with Crippen LogP contribution in [-0.4, -0.2) is 62.0 Å². The number of piperazine rings is 1. The zero-order chi connectivity index (χ0) is 19.2. The number of nitrogens with zero attached hydrogens (tertiary/aromatic N) is 2. The number of likely N-dealkylation sites (N-methyl/N-ethyl adjacent to an activating group) is 1. The van der Waals surface area contributed by atoms with Crippen LogP contribution in [0.3, 0.4) is 0 Å². The van der Waals surface area contributed by atoms with Crippen LogP contribution in [0.4, 0.5) is 5.69 Å². The van der Waals surface area contributed by atoms with E-state index in [1.165, 1.54) is 0 Å². The van der Waals surface area contributed by atoms with Crippen molar-refractivity contribution in [1.82, 2.24) is 9.80 Å². The van der Waals surface area contributed by atoms with Crippen LogP contribution in [-0.2, 0) is 11.2 Å². The predicted molar refractivity (Wildman–Crippen MR) is 105 cm³/mol. The molecule has 6 heteroatoms. The fourth-order valence-electron chi connectivity index (χ4n) is 3.02. The summed E-state index contributed by atoms with van der Waals surface area (Å²) in [4.78, 5) is 28.8. The molecule has 1 heterocycles. The minimum Gasteiger partial charge on any atom is -0.497 e. The van der Waals surface area contributed by atoms with Gasteiger partial charge in [0.15, 0.2) is 0 Å². The molecule has 0 radical (unpaired) electrons. The molecule has 1 aliphatic rings. The third-order valence-corrected chi connectivity index (χ3v) is 4.73. The molecule has 142 valence electrons. The van der Waals surface area contributed by atoms with E-state index in [-0.39, 0.29) is 18.2 Å². The summed E-state index contributed by atoms with van der Waals surface area (Å²) in [6.07, 6.45) is 0.284. The maximum absolute atomic E-state index is 12.5. The van der Waals surface area contributed by atoms with Gasteiger partial charge >= 0.3 is 0 Å². The van der Waals surface area contributed by atoms with Crippen LogP contribution in [0.1, 0.15) is 15.9 Å². The Bertz CT molecular complexity index is 779. The van der Waals surface area contributed by atoms with Crippen molar-refractivity contribution in [3.05, 3.63) is 59.7 Å². The van der Waals surface area contributed by atoms with Gasteiger partial charge in [0.05, 0.1) is 13.5 Å². The largest absolute Gasteiger partial charge is 0.497 e. The molecule has 0 atom stereocenters. The Balaban J connectivity index is 1.55. The van der Waals surface area contributed by atoms with E-state index in [1.54, 1.807) is 31.4 Å². The Hall–Kier alpha value is -2.86. The van der Waals surface area contributed by atoms with Crippen molar-refractivity contribution in [1.29, 1.82) is 0 Å². The minimum absolute atomic E-state index is 0.0409. The van der Waals surface area contributed by atoms with Crippen LogP contribution in [0.25, 0.3) is 0 Å². The van der Waals surface area contributed by atoms with Gasteiger partial charge < -0.3 is 19.9 Å². The van der Waals surface area contributed by atoms with Crippen LogP contribution in [0.5, 0.6) is 5.75 Å². The summed E-state index contributed by atoms with van der Waals surface area (Å²) in [6.45, 7) is 3.28. The summed E-state index contributed by atoms with van der Waals surface area (Å²) < 4.78 is 5.12. The Morgan fingerprint density at radius 1 is 0.963 bits per heavy atom. The van der Waals surface area contributed by atoms with E-state index in [1.807, 2.05) is 29.2 Å². The molecule has 1 fully saturated rings. The number of anilines is 1. The van der Waals surface area contributed by atoms with Crippen molar-refractivity contribution in [2.45, 2.75) is 6.42 Å². The van der Waals surface area contributed by atoms with Crippen molar-refractivity contribution in [3.8, 4) is 5.75 Å². The highest BCUT2D eigenvalue weighted by Crippen LogP contribution is 2.15. The number of carbonyl (C=O) groups excluding carboxylic acids is 2. The summed E-state index contributed by atoms with van der Waals surface area (Å²) in [5.74, 6) is 0.706. The van der Waals surface area contributed by atoms with Gasteiger partial charge in [0.2, 0.25) is 5.91 Å². The minimum atomic E-state index is -0.0988. The number of benzene rings is 2. The number of carbonyl (C=O) groups is 2. The third kappa shape index (κ3) is 5.08. The second-order valence-corrected chi connectivity index (χ2v) is 6.75. The van der Waals surface area contributed by atoms with Gasteiger partial charge in [-0.05, 0) is 49.0 Å². The lowest BCUT2D eigenvalue weighted by Gasteiger charge is -2.32. The van der Waals surface area contributed by atoms with E-state index in [2.05, 4.69) is 17.3 Å². The fraction of sp³-hybridized carbons (Fsp3) is 0.333. The van der Waals surface area contributed by atoms with Gasteiger partial charge in [0.1, 0.15) is 5.75 Å². The number of hydrogen-bond donors (Lipinski definition) is 1. The summed E-state index contributed by atoms with van der Waals surface area (Å²) in [5, 5.41) is 2.87. The van der Waals surface area contributed by atoms with Crippen LogP contribution in [0.2, 0.25) is 0 Å². The first-order valence-electron chi connectivity index (χ1n) is 9.06. The topological polar surface area (TPSA) is 61.9 Å². The van der Waals surface area contributed by atoms with E-state index < -0.39 is 0 Å². The highest BCUT2D eigenvalue weighted by atomic mass is 16.5. The average Bonchev–Trinajstić information content (AvgIpc) is 2.69. The molecule has 1 aliphatic heterocycles. The molecule has 0 unspecified atom stereocenters. The Labute approximate surface area is 159 Å². The molecule has 0 saturated carbocycles. The molecule has 1 N–H and O–H groups in total. The van der Waals surface area contributed by atoms with Gasteiger partial charge in [-0.1, -0.05) is 12.1 Å². The molecule has 0 bridgehead atoms. The molecule has 27 heavy (non-hydrogen) atoms. The van der Waals surface area contributed by atoms with Crippen molar-refractivity contribution in [2.75, 3.05) is 45.7 Å². The molecule has 2 amide bonds. The Morgan fingerprint density at radius 3 is 2.19 bits per heavy atom. The van der Waals surface area contributed by atoms with E-state index in [4.69, 9.17) is 4.74 Å². The monoisotopic (exact) mass is 367 g/mol. The van der Waals surface area contributed by atoms with Gasteiger partial charge in [-0.25, -0.2) is 0 Å². The number of hydrogen-bond acceptors (Lipinski definition) is 4. The lowest BCUT2D eigenvalue weighted by atomic mass is 10.1. The predicted octanol–water partition coefficient (Wildman–Crippen LogP) is 2.26. The van der Waals surface area contributed by atoms with Gasteiger partial charge in [0.25, 0.3) is 5.91 Å². The second kappa shape index (κ2) is 8.68. The van der Waals surface area contributed by atoms with Gasteiger partial charge in [-0.15, -0.1) is 0 Å². The van der Waals surface area contributed by atoms with E-state index in [0.717, 1.165) is 37.5 Å². The third-order valence-electron chi connectivity index (χ3n) is 4.73. The molecule has 0 aromatic heterocycles. The van der Waals surface area contributed by atoms with Crippen LogP contribution >= 0.6 is 0 Å². The quantitative estimate of drug-likeness (QED) is 0.881. The normalized spacial score (nSPS) is 14.7. The number of ether oxygens (including phenoxy) is 1. The van der Waals surface area contributed by atoms with Gasteiger partial charge in [-0.3, -0.25) is 9.59 Å². The highest BCUT2D eigenvalue weighted by Gasteiger charge is 2.20. The zero-order valence-electron chi connectivity index (χ0n) is 15.8. The first-order valence-corrected chi connectivity index (χ1v) is 9.06. The number of rotatable bonds is 5. The van der Waals surface area contributed by atoms with E-state index >= 15 is 0 Å². The Morgan fingerprint density at radius 2 is 1.59 bits per heavy atom. The van der Waals surface area contributed by atoms with Crippen molar-refractivity contribution in [2.24, 2.45) is 0 Å². The highest BCUT2D eigenvalue weighted by molar-refractivity contribution is 5.96. The van der Waals surface area contributed by atoms with Gasteiger partial charge in [0, 0.05) is 37.4 Å². The maximum atomic E-state index is 12.5. The SMILES string of the molecule is COc1ccc(CC(=O)Nc2ccc(C(=O)N3CCN(C)CC3)cc2)cc1. The standard InChI is InChI=1S/C21H25N3O3/c1-23-11-13-24(14-12-23)21(26)17-5-7-18(8-6-17)22-20(25)15-16-3-9-19(27-2)10-4-16/h3-10H,11-15H2,1-2H3,(H,22,25). The molecule has 6 nitrogen and oxygen atoms in total. The van der Waals surface area contributed by atoms with Crippen molar-refractivity contribution >= 4 is 17.5 Å². The molecule has 0 aliphatic carbocycles. The summed E-state index contributed by atoms with van der Waals surface area (Å²) in [7, 11) is 3.67. The molecule has 0 spiro atoms. The van der Waals surface area contributed by atoms with E-state index in [0.29, 0.717) is 11.3 Å². The first-order chi connectivity index (χ1) is 13.0. The molecule has 2 aromatic carbocycles. The molecule has 2 aromatic rings. The Kier molecular flexibility index (Phi) is 6.08. The second-order valence-electron chi connectivity index (χ2n) is 6.75. The average molecular weight is 367 g/mol. The molecular weight excluding hydrogens is 342 g/mol. The maximum Gasteiger partial charge on any atom is 0.253 e. The summed E-state index contributed by atoms with van der Waals surface area (Å²) in [5.41, 5.74) is 2.24. The number of amides is 2. The lowest BCUT2D eigenvalue weighted by molar-refractivity contribution is -0.115. The van der Waals surface area contributed by atoms with Crippen LogP contribution in [0.15, 0.2) is 48.5 Å².